The van der Waals surface area contributed by atoms with Crippen LogP contribution >= 0.6 is 0 Å². The fourth-order valence-electron chi connectivity index (χ4n) is 1.34. The number of hydrogen-bond acceptors (Lipinski definition) is 4. The van der Waals surface area contributed by atoms with E-state index < -0.39 is 0 Å². The maximum absolute atomic E-state index is 9.03. The molecule has 1 rings (SSSR count). The van der Waals surface area contributed by atoms with E-state index >= 15 is 0 Å². The fourth-order valence-corrected chi connectivity index (χ4v) is 1.34. The molecule has 0 radical (unpaired) electrons. The number of aromatic nitrogens is 1. The number of ether oxygens (including phenoxy) is 2. The number of nitrogens with zero attached hydrogens (tertiary/aromatic N) is 2. The highest BCUT2D eigenvalue weighted by molar-refractivity contribution is 5.48. The third kappa shape index (κ3) is 2.18. The van der Waals surface area contributed by atoms with Crippen molar-refractivity contribution in [3.63, 3.8) is 0 Å². The molecule has 0 unspecified atom stereocenters. The fraction of sp³-hybridized carbons (Fsp3) is 0.455. The highest BCUT2D eigenvalue weighted by Crippen LogP contribution is 2.29. The van der Waals surface area contributed by atoms with Crippen molar-refractivity contribution in [2.24, 2.45) is 0 Å². The summed E-state index contributed by atoms with van der Waals surface area (Å²) in [5, 5.41) is 9.03. The number of methoxy groups -OCH3 is 2. The Labute approximate surface area is 89.5 Å². The molecule has 0 amide bonds. The number of hydrogen-bond donors (Lipinski definition) is 0. The summed E-state index contributed by atoms with van der Waals surface area (Å²) >= 11 is 0. The first-order valence-electron chi connectivity index (χ1n) is 4.67. The number of pyridine rings is 1. The monoisotopic (exact) mass is 206 g/mol. The molecule has 4 heteroatoms. The van der Waals surface area contributed by atoms with E-state index in [9.17, 15) is 0 Å². The normalized spacial score (nSPS) is 9.87. The summed E-state index contributed by atoms with van der Waals surface area (Å²) in [5.74, 6) is 1.01. The molecule has 0 atom stereocenters. The van der Waals surface area contributed by atoms with Crippen molar-refractivity contribution >= 4 is 0 Å². The average Bonchev–Trinajstić information content (AvgIpc) is 2.26. The molecule has 1 heterocycles. The zero-order valence-electron chi connectivity index (χ0n) is 9.37. The molecule has 0 aliphatic rings. The second-order valence-electron chi connectivity index (χ2n) is 3.40. The van der Waals surface area contributed by atoms with E-state index in [4.69, 9.17) is 14.7 Å². The minimum Gasteiger partial charge on any atom is -0.481 e. The average molecular weight is 206 g/mol. The van der Waals surface area contributed by atoms with Crippen LogP contribution in [0.25, 0.3) is 0 Å². The lowest BCUT2D eigenvalue weighted by atomic mass is 9.99. The van der Waals surface area contributed by atoms with Gasteiger partial charge in [-0.15, -0.1) is 0 Å². The zero-order valence-corrected chi connectivity index (χ0v) is 9.37. The van der Waals surface area contributed by atoms with Gasteiger partial charge in [-0.3, -0.25) is 0 Å². The van der Waals surface area contributed by atoms with Crippen molar-refractivity contribution in [3.05, 3.63) is 17.2 Å². The molecule has 0 saturated carbocycles. The molecule has 0 aromatic carbocycles. The van der Waals surface area contributed by atoms with Gasteiger partial charge in [-0.25, -0.2) is 0 Å². The first kappa shape index (κ1) is 11.3. The molecule has 15 heavy (non-hydrogen) atoms. The maximum atomic E-state index is 9.03. The molecule has 0 bridgehead atoms. The van der Waals surface area contributed by atoms with Crippen LogP contribution in [0.15, 0.2) is 6.07 Å². The van der Waals surface area contributed by atoms with Gasteiger partial charge in [0, 0.05) is 6.07 Å². The van der Waals surface area contributed by atoms with Gasteiger partial charge < -0.3 is 9.47 Å². The van der Waals surface area contributed by atoms with Crippen molar-refractivity contribution < 1.29 is 9.47 Å². The van der Waals surface area contributed by atoms with E-state index in [1.165, 1.54) is 14.2 Å². The summed E-state index contributed by atoms with van der Waals surface area (Å²) in [5.41, 5.74) is 1.37. The summed E-state index contributed by atoms with van der Waals surface area (Å²) in [6.45, 7) is 4.02. The Morgan fingerprint density at radius 3 is 2.40 bits per heavy atom. The summed E-state index contributed by atoms with van der Waals surface area (Å²) in [6.07, 6.45) is 0. The smallest absolute Gasteiger partial charge is 0.235 e. The van der Waals surface area contributed by atoms with Crippen LogP contribution in [-0.4, -0.2) is 19.2 Å². The van der Waals surface area contributed by atoms with Crippen LogP contribution in [0.1, 0.15) is 30.9 Å². The zero-order chi connectivity index (χ0) is 11.4. The van der Waals surface area contributed by atoms with Gasteiger partial charge in [0.05, 0.1) is 14.2 Å². The molecule has 1 aromatic heterocycles. The molecule has 1 aromatic rings. The largest absolute Gasteiger partial charge is 0.481 e. The minimum atomic E-state index is 0.227. The molecular formula is C11H14N2O2. The predicted molar refractivity (Wildman–Crippen MR) is 56.1 cm³/mol. The van der Waals surface area contributed by atoms with Crippen LogP contribution in [-0.2, 0) is 0 Å². The summed E-state index contributed by atoms with van der Waals surface area (Å²) in [6, 6.07) is 3.87. The highest BCUT2D eigenvalue weighted by Gasteiger charge is 2.15. The molecule has 0 spiro atoms. The second-order valence-corrected chi connectivity index (χ2v) is 3.40. The first-order valence-corrected chi connectivity index (χ1v) is 4.67. The van der Waals surface area contributed by atoms with Gasteiger partial charge in [0.1, 0.15) is 11.6 Å². The summed E-state index contributed by atoms with van der Waals surface area (Å²) < 4.78 is 10.1. The Kier molecular flexibility index (Phi) is 3.51. The Morgan fingerprint density at radius 2 is 2.00 bits per heavy atom. The minimum absolute atomic E-state index is 0.227. The van der Waals surface area contributed by atoms with E-state index in [0.717, 1.165) is 5.56 Å². The van der Waals surface area contributed by atoms with Gasteiger partial charge in [0.25, 0.3) is 0 Å². The predicted octanol–water partition coefficient (Wildman–Crippen LogP) is 2.09. The van der Waals surface area contributed by atoms with E-state index in [1.54, 1.807) is 6.07 Å². The third-order valence-corrected chi connectivity index (χ3v) is 2.13. The van der Waals surface area contributed by atoms with Crippen LogP contribution in [0.3, 0.4) is 0 Å². The van der Waals surface area contributed by atoms with Crippen molar-refractivity contribution in [2.45, 2.75) is 19.8 Å². The second kappa shape index (κ2) is 4.65. The topological polar surface area (TPSA) is 55.1 Å². The molecule has 4 nitrogen and oxygen atoms in total. The molecule has 0 N–H and O–H groups in total. The lowest BCUT2D eigenvalue weighted by Crippen LogP contribution is -2.01. The molecular weight excluding hydrogens is 192 g/mol. The Bertz CT molecular complexity index is 394. The lowest BCUT2D eigenvalue weighted by Gasteiger charge is -2.12. The lowest BCUT2D eigenvalue weighted by molar-refractivity contribution is 0.362. The van der Waals surface area contributed by atoms with Gasteiger partial charge in [-0.05, 0) is 11.5 Å². The highest BCUT2D eigenvalue weighted by atomic mass is 16.5. The van der Waals surface area contributed by atoms with Crippen LogP contribution in [0.4, 0.5) is 0 Å². The van der Waals surface area contributed by atoms with E-state index in [-0.39, 0.29) is 5.92 Å². The third-order valence-electron chi connectivity index (χ3n) is 2.13. The van der Waals surface area contributed by atoms with Crippen molar-refractivity contribution in [2.75, 3.05) is 14.2 Å². The first-order chi connectivity index (χ1) is 7.13. The molecule has 0 aliphatic heterocycles. The molecule has 80 valence electrons. The van der Waals surface area contributed by atoms with E-state index in [2.05, 4.69) is 11.1 Å². The molecule has 0 fully saturated rings. The van der Waals surface area contributed by atoms with Gasteiger partial charge in [-0.2, -0.15) is 10.2 Å². The summed E-state index contributed by atoms with van der Waals surface area (Å²) in [4.78, 5) is 4.06. The SMILES string of the molecule is COc1cc(C(C)C)c(C#N)c(OC)n1. The van der Waals surface area contributed by atoms with Crippen LogP contribution in [0, 0.1) is 11.3 Å². The number of rotatable bonds is 3. The Hall–Kier alpha value is -1.76. The van der Waals surface area contributed by atoms with E-state index in [0.29, 0.717) is 17.3 Å². The molecule has 0 saturated heterocycles. The summed E-state index contributed by atoms with van der Waals surface area (Å²) in [7, 11) is 3.03. The van der Waals surface area contributed by atoms with Gasteiger partial charge in [0.2, 0.25) is 11.8 Å². The molecule has 0 aliphatic carbocycles. The van der Waals surface area contributed by atoms with Crippen molar-refractivity contribution in [1.82, 2.24) is 4.98 Å². The van der Waals surface area contributed by atoms with Gasteiger partial charge >= 0.3 is 0 Å². The van der Waals surface area contributed by atoms with Crippen molar-refractivity contribution in [3.8, 4) is 17.8 Å². The Balaban J connectivity index is 3.41. The quantitative estimate of drug-likeness (QED) is 0.759. The van der Waals surface area contributed by atoms with Crippen LogP contribution in [0.2, 0.25) is 0 Å². The van der Waals surface area contributed by atoms with Crippen LogP contribution < -0.4 is 9.47 Å². The number of nitriles is 1. The maximum Gasteiger partial charge on any atom is 0.235 e. The Morgan fingerprint density at radius 1 is 1.33 bits per heavy atom. The van der Waals surface area contributed by atoms with Crippen LogP contribution in [0.5, 0.6) is 11.8 Å². The van der Waals surface area contributed by atoms with Crippen molar-refractivity contribution in [1.29, 1.82) is 5.26 Å². The van der Waals surface area contributed by atoms with Gasteiger partial charge in [-0.1, -0.05) is 13.8 Å². The van der Waals surface area contributed by atoms with Gasteiger partial charge in [0.15, 0.2) is 0 Å². The van der Waals surface area contributed by atoms with E-state index in [1.807, 2.05) is 13.8 Å². The standard InChI is InChI=1S/C11H14N2O2/c1-7(2)8-5-10(14-3)13-11(15-4)9(8)6-12/h5,7H,1-4H3.